The smallest absolute Gasteiger partial charge is 0.416 e. The van der Waals surface area contributed by atoms with Gasteiger partial charge in [0.25, 0.3) is 0 Å². The highest BCUT2D eigenvalue weighted by Gasteiger charge is 2.30. The molecule has 3 nitrogen and oxygen atoms in total. The van der Waals surface area contributed by atoms with Crippen molar-refractivity contribution in [2.75, 3.05) is 7.11 Å². The van der Waals surface area contributed by atoms with E-state index in [2.05, 4.69) is 0 Å². The first-order valence-corrected chi connectivity index (χ1v) is 8.01. The summed E-state index contributed by atoms with van der Waals surface area (Å²) in [5, 5.41) is 0.879. The van der Waals surface area contributed by atoms with Crippen LogP contribution in [0.2, 0.25) is 0 Å². The molecule has 0 saturated heterocycles. The molecule has 0 N–H and O–H groups in total. The molecule has 0 unspecified atom stereocenters. The summed E-state index contributed by atoms with van der Waals surface area (Å²) in [6.45, 7) is 0. The number of hydrogen-bond donors (Lipinski definition) is 0. The Morgan fingerprint density at radius 3 is 2.26 bits per heavy atom. The molecule has 0 saturated carbocycles. The second-order valence-electron chi connectivity index (χ2n) is 4.65. The van der Waals surface area contributed by atoms with Crippen LogP contribution in [-0.2, 0) is 16.0 Å². The summed E-state index contributed by atoms with van der Waals surface area (Å²) in [7, 11) is -2.29. The van der Waals surface area contributed by atoms with Crippen LogP contribution in [-0.4, -0.2) is 15.5 Å². The van der Waals surface area contributed by atoms with Crippen LogP contribution in [0.15, 0.2) is 58.8 Å². The molecule has 0 aromatic heterocycles. The molecule has 0 fully saturated rings. The average Bonchev–Trinajstić information content (AvgIpc) is 2.52. The summed E-state index contributed by atoms with van der Waals surface area (Å²) in [4.78, 5) is 0.0292. The topological polar surface area (TPSA) is 43.4 Å². The van der Waals surface area contributed by atoms with E-state index in [0.29, 0.717) is 5.75 Å². The number of hydrogen-bond acceptors (Lipinski definition) is 3. The highest BCUT2D eigenvalue weighted by Crippen LogP contribution is 2.30. The van der Waals surface area contributed by atoms with Gasteiger partial charge in [-0.05, 0) is 48.0 Å². The van der Waals surface area contributed by atoms with Crippen LogP contribution in [0.1, 0.15) is 11.1 Å². The van der Waals surface area contributed by atoms with Crippen molar-refractivity contribution in [2.24, 2.45) is 0 Å². The van der Waals surface area contributed by atoms with Crippen LogP contribution in [0.4, 0.5) is 13.2 Å². The third kappa shape index (κ3) is 4.35. The maximum absolute atomic E-state index is 12.6. The summed E-state index contributed by atoms with van der Waals surface area (Å²) < 4.78 is 67.1. The van der Waals surface area contributed by atoms with Gasteiger partial charge in [-0.3, -0.25) is 0 Å². The Balaban J connectivity index is 2.27. The van der Waals surface area contributed by atoms with Gasteiger partial charge in [-0.15, -0.1) is 0 Å². The van der Waals surface area contributed by atoms with Crippen molar-refractivity contribution in [1.29, 1.82) is 0 Å². The van der Waals surface area contributed by atoms with Crippen molar-refractivity contribution < 1.29 is 26.3 Å². The van der Waals surface area contributed by atoms with Crippen LogP contribution in [0.3, 0.4) is 0 Å². The Hall–Kier alpha value is -2.28. The molecule has 0 radical (unpaired) electrons. The van der Waals surface area contributed by atoms with E-state index in [0.717, 1.165) is 23.6 Å². The highest BCUT2D eigenvalue weighted by molar-refractivity contribution is 7.94. The molecule has 0 aliphatic heterocycles. The molecule has 23 heavy (non-hydrogen) atoms. The number of rotatable bonds is 4. The van der Waals surface area contributed by atoms with Gasteiger partial charge in [0.2, 0.25) is 0 Å². The van der Waals surface area contributed by atoms with E-state index in [1.165, 1.54) is 43.5 Å². The molecule has 0 bridgehead atoms. The first-order valence-electron chi connectivity index (χ1n) is 6.47. The molecule has 2 aromatic carbocycles. The Labute approximate surface area is 131 Å². The third-order valence-electron chi connectivity index (χ3n) is 3.04. The molecule has 0 atom stereocenters. The Bertz CT molecular complexity index is 807. The molecular weight excluding hydrogens is 329 g/mol. The predicted molar refractivity (Wildman–Crippen MR) is 80.7 cm³/mol. The summed E-state index contributed by atoms with van der Waals surface area (Å²) >= 11 is 0. The van der Waals surface area contributed by atoms with Crippen molar-refractivity contribution in [1.82, 2.24) is 0 Å². The van der Waals surface area contributed by atoms with Crippen molar-refractivity contribution in [3.8, 4) is 5.75 Å². The van der Waals surface area contributed by atoms with E-state index in [4.69, 9.17) is 4.74 Å². The third-order valence-corrected chi connectivity index (χ3v) is 4.47. The van der Waals surface area contributed by atoms with Gasteiger partial charge in [-0.25, -0.2) is 8.42 Å². The van der Waals surface area contributed by atoms with Gasteiger partial charge < -0.3 is 4.74 Å². The van der Waals surface area contributed by atoms with E-state index in [1.54, 1.807) is 0 Å². The summed E-state index contributed by atoms with van der Waals surface area (Å²) in [6, 6.07) is 10.2. The van der Waals surface area contributed by atoms with Gasteiger partial charge in [0.15, 0.2) is 9.84 Å². The van der Waals surface area contributed by atoms with Gasteiger partial charge in [0.05, 0.1) is 17.6 Å². The van der Waals surface area contributed by atoms with Crippen LogP contribution < -0.4 is 4.74 Å². The first kappa shape index (κ1) is 17.1. The van der Waals surface area contributed by atoms with Gasteiger partial charge >= 0.3 is 6.18 Å². The lowest BCUT2D eigenvalue weighted by molar-refractivity contribution is -0.137. The summed E-state index contributed by atoms with van der Waals surface area (Å²) in [5.74, 6) is 0.505. The van der Waals surface area contributed by atoms with Gasteiger partial charge in [-0.1, -0.05) is 12.1 Å². The van der Waals surface area contributed by atoms with Crippen molar-refractivity contribution in [3.63, 3.8) is 0 Å². The largest absolute Gasteiger partial charge is 0.497 e. The fraction of sp³-hybridized carbons (Fsp3) is 0.125. The van der Waals surface area contributed by atoms with Crippen molar-refractivity contribution in [3.05, 3.63) is 65.1 Å². The number of alkyl halides is 3. The number of ether oxygens (including phenoxy) is 1. The summed E-state index contributed by atoms with van der Waals surface area (Å²) in [5.41, 5.74) is -0.682. The molecule has 0 aliphatic rings. The lowest BCUT2D eigenvalue weighted by Gasteiger charge is -2.06. The molecular formula is C16H13F3O3S. The minimum atomic E-state index is -4.47. The van der Waals surface area contributed by atoms with E-state index in [9.17, 15) is 21.6 Å². The normalized spacial score (nSPS) is 12.5. The zero-order chi connectivity index (χ0) is 17.1. The van der Waals surface area contributed by atoms with Gasteiger partial charge in [-0.2, -0.15) is 13.2 Å². The predicted octanol–water partition coefficient (Wildman–Crippen LogP) is 4.16. The Kier molecular flexibility index (Phi) is 4.79. The second kappa shape index (κ2) is 6.45. The highest BCUT2D eigenvalue weighted by atomic mass is 32.2. The van der Waals surface area contributed by atoms with Crippen LogP contribution in [0, 0.1) is 0 Å². The monoisotopic (exact) mass is 342 g/mol. The number of methoxy groups -OCH3 is 1. The lowest BCUT2D eigenvalue weighted by atomic mass is 10.1. The average molecular weight is 342 g/mol. The van der Waals surface area contributed by atoms with E-state index in [-0.39, 0.29) is 10.5 Å². The Morgan fingerprint density at radius 2 is 1.70 bits per heavy atom. The molecule has 0 aliphatic carbocycles. The van der Waals surface area contributed by atoms with Crippen molar-refractivity contribution in [2.45, 2.75) is 11.1 Å². The summed E-state index contributed by atoms with van der Waals surface area (Å²) in [6.07, 6.45) is -3.34. The quantitative estimate of drug-likeness (QED) is 0.838. The minimum Gasteiger partial charge on any atom is -0.497 e. The zero-order valence-electron chi connectivity index (χ0n) is 12.0. The fourth-order valence-corrected chi connectivity index (χ4v) is 2.84. The standard InChI is InChI=1S/C16H13F3O3S/c1-22-14-5-7-15(8-6-14)23(20,21)10-9-12-3-2-4-13(11-12)16(17,18)19/h2-11H,1H3/b10-9+. The van der Waals surface area contributed by atoms with E-state index < -0.39 is 21.6 Å². The SMILES string of the molecule is COc1ccc(S(=O)(=O)/C=C/c2cccc(C(F)(F)F)c2)cc1. The van der Waals surface area contributed by atoms with E-state index >= 15 is 0 Å². The van der Waals surface area contributed by atoms with Gasteiger partial charge in [0.1, 0.15) is 5.75 Å². The first-order chi connectivity index (χ1) is 10.7. The molecule has 0 spiro atoms. The van der Waals surface area contributed by atoms with Gasteiger partial charge in [0, 0.05) is 5.41 Å². The minimum absolute atomic E-state index is 0.0292. The fourth-order valence-electron chi connectivity index (χ4n) is 1.83. The molecule has 0 heterocycles. The lowest BCUT2D eigenvalue weighted by Crippen LogP contribution is -2.04. The number of sulfone groups is 1. The van der Waals surface area contributed by atoms with Crippen LogP contribution in [0.25, 0.3) is 6.08 Å². The second-order valence-corrected chi connectivity index (χ2v) is 6.48. The van der Waals surface area contributed by atoms with Crippen LogP contribution in [0.5, 0.6) is 5.75 Å². The molecule has 7 heteroatoms. The number of benzene rings is 2. The number of halogens is 3. The molecule has 2 rings (SSSR count). The zero-order valence-corrected chi connectivity index (χ0v) is 12.9. The molecule has 122 valence electrons. The molecule has 2 aromatic rings. The molecule has 0 amide bonds. The maximum atomic E-state index is 12.6. The maximum Gasteiger partial charge on any atom is 0.416 e. The van der Waals surface area contributed by atoms with Crippen LogP contribution >= 0.6 is 0 Å². The van der Waals surface area contributed by atoms with Crippen molar-refractivity contribution >= 4 is 15.9 Å². The van der Waals surface area contributed by atoms with E-state index in [1.807, 2.05) is 0 Å². The Morgan fingerprint density at radius 1 is 1.04 bits per heavy atom.